The number of methoxy groups -OCH3 is 1. The van der Waals surface area contributed by atoms with Crippen molar-refractivity contribution in [2.75, 3.05) is 14.2 Å². The van der Waals surface area contributed by atoms with E-state index in [1.807, 2.05) is 7.11 Å². The Morgan fingerprint density at radius 1 is 1.26 bits per heavy atom. The van der Waals surface area contributed by atoms with Crippen molar-refractivity contribution in [2.45, 2.75) is 57.6 Å². The highest BCUT2D eigenvalue weighted by molar-refractivity contribution is 5.34. The van der Waals surface area contributed by atoms with E-state index < -0.39 is 0 Å². The van der Waals surface area contributed by atoms with E-state index in [4.69, 9.17) is 4.74 Å². The quantitative estimate of drug-likeness (QED) is 0.847. The van der Waals surface area contributed by atoms with Gasteiger partial charge in [0.15, 0.2) is 0 Å². The lowest BCUT2D eigenvalue weighted by atomic mass is 9.74. The zero-order valence-corrected chi connectivity index (χ0v) is 12.8. The van der Waals surface area contributed by atoms with Crippen LogP contribution in [-0.4, -0.2) is 25.8 Å². The van der Waals surface area contributed by atoms with Gasteiger partial charge in [0.2, 0.25) is 0 Å². The van der Waals surface area contributed by atoms with Crippen molar-refractivity contribution in [1.29, 1.82) is 0 Å². The zero-order chi connectivity index (χ0) is 13.9. The number of hydrogen-bond donors (Lipinski definition) is 1. The lowest BCUT2D eigenvalue weighted by molar-refractivity contribution is -0.0830. The van der Waals surface area contributed by atoms with Crippen molar-refractivity contribution >= 4 is 0 Å². The maximum atomic E-state index is 5.76. The minimum Gasteiger partial charge on any atom is -0.378 e. The molecule has 1 saturated carbocycles. The fraction of sp³-hybridized carbons (Fsp3) is 0.647. The SMILES string of the molecule is CNC(Cc1c(C)cccc1C)CC1(OC)CCC1. The van der Waals surface area contributed by atoms with E-state index >= 15 is 0 Å². The Morgan fingerprint density at radius 2 is 1.89 bits per heavy atom. The lowest BCUT2D eigenvalue weighted by Gasteiger charge is -2.43. The molecule has 0 amide bonds. The van der Waals surface area contributed by atoms with Gasteiger partial charge in [-0.05, 0) is 69.7 Å². The van der Waals surface area contributed by atoms with E-state index in [0.717, 1.165) is 12.8 Å². The van der Waals surface area contributed by atoms with Gasteiger partial charge in [0.05, 0.1) is 5.60 Å². The van der Waals surface area contributed by atoms with Gasteiger partial charge in [0.25, 0.3) is 0 Å². The molecule has 19 heavy (non-hydrogen) atoms. The van der Waals surface area contributed by atoms with E-state index in [0.29, 0.717) is 6.04 Å². The molecule has 0 heterocycles. The number of hydrogen-bond acceptors (Lipinski definition) is 2. The smallest absolute Gasteiger partial charge is 0.0693 e. The molecular weight excluding hydrogens is 234 g/mol. The molecule has 1 unspecified atom stereocenters. The molecule has 1 fully saturated rings. The fourth-order valence-corrected chi connectivity index (χ4v) is 3.21. The number of rotatable bonds is 6. The normalized spacial score (nSPS) is 18.9. The van der Waals surface area contributed by atoms with Crippen LogP contribution in [0.15, 0.2) is 18.2 Å². The van der Waals surface area contributed by atoms with Crippen molar-refractivity contribution in [1.82, 2.24) is 5.32 Å². The summed E-state index contributed by atoms with van der Waals surface area (Å²) in [6.07, 6.45) is 5.96. The third kappa shape index (κ3) is 3.18. The van der Waals surface area contributed by atoms with Crippen LogP contribution in [0.2, 0.25) is 0 Å². The van der Waals surface area contributed by atoms with Crippen molar-refractivity contribution < 1.29 is 4.74 Å². The molecule has 2 nitrogen and oxygen atoms in total. The summed E-state index contributed by atoms with van der Waals surface area (Å²) in [7, 11) is 3.94. The van der Waals surface area contributed by atoms with E-state index in [2.05, 4.69) is 44.4 Å². The number of benzene rings is 1. The van der Waals surface area contributed by atoms with E-state index in [1.165, 1.54) is 36.0 Å². The summed E-state index contributed by atoms with van der Waals surface area (Å²) < 4.78 is 5.76. The van der Waals surface area contributed by atoms with Gasteiger partial charge in [0.1, 0.15) is 0 Å². The number of aryl methyl sites for hydroxylation is 2. The number of ether oxygens (including phenoxy) is 1. The van der Waals surface area contributed by atoms with Gasteiger partial charge in [-0.25, -0.2) is 0 Å². The molecule has 0 spiro atoms. The van der Waals surface area contributed by atoms with E-state index in [9.17, 15) is 0 Å². The van der Waals surface area contributed by atoms with Crippen LogP contribution < -0.4 is 5.32 Å². The summed E-state index contributed by atoms with van der Waals surface area (Å²) in [6.45, 7) is 4.43. The molecule has 1 aliphatic carbocycles. The summed E-state index contributed by atoms with van der Waals surface area (Å²) in [4.78, 5) is 0. The summed E-state index contributed by atoms with van der Waals surface area (Å²) in [5, 5.41) is 3.48. The second kappa shape index (κ2) is 6.06. The fourth-order valence-electron chi connectivity index (χ4n) is 3.21. The second-order valence-corrected chi connectivity index (χ2v) is 6.00. The molecule has 1 N–H and O–H groups in total. The monoisotopic (exact) mass is 261 g/mol. The van der Waals surface area contributed by atoms with Crippen molar-refractivity contribution in [3.63, 3.8) is 0 Å². The van der Waals surface area contributed by atoms with Gasteiger partial charge in [-0.3, -0.25) is 0 Å². The van der Waals surface area contributed by atoms with Crippen LogP contribution in [0, 0.1) is 13.8 Å². The molecule has 0 aliphatic heterocycles. The average molecular weight is 261 g/mol. The molecule has 1 atom stereocenters. The molecule has 0 bridgehead atoms. The van der Waals surface area contributed by atoms with Crippen molar-refractivity contribution in [3.8, 4) is 0 Å². The molecule has 2 heteroatoms. The second-order valence-electron chi connectivity index (χ2n) is 6.00. The Morgan fingerprint density at radius 3 is 2.32 bits per heavy atom. The minimum absolute atomic E-state index is 0.143. The van der Waals surface area contributed by atoms with Gasteiger partial charge < -0.3 is 10.1 Å². The Kier molecular flexibility index (Phi) is 4.64. The first-order valence-electron chi connectivity index (χ1n) is 7.38. The molecule has 1 aliphatic rings. The Balaban J connectivity index is 2.07. The molecule has 2 rings (SSSR count). The Hall–Kier alpha value is -0.860. The van der Waals surface area contributed by atoms with Gasteiger partial charge >= 0.3 is 0 Å². The first-order valence-corrected chi connectivity index (χ1v) is 7.38. The predicted molar refractivity (Wildman–Crippen MR) is 80.7 cm³/mol. The van der Waals surface area contributed by atoms with E-state index in [-0.39, 0.29) is 5.60 Å². The predicted octanol–water partition coefficient (Wildman–Crippen LogP) is 3.39. The van der Waals surface area contributed by atoms with Gasteiger partial charge in [-0.2, -0.15) is 0 Å². The van der Waals surface area contributed by atoms with Gasteiger partial charge in [0, 0.05) is 13.2 Å². The molecule has 0 radical (unpaired) electrons. The van der Waals surface area contributed by atoms with Crippen LogP contribution in [0.3, 0.4) is 0 Å². The maximum Gasteiger partial charge on any atom is 0.0693 e. The first kappa shape index (κ1) is 14.5. The molecule has 106 valence electrons. The third-order valence-electron chi connectivity index (χ3n) is 4.82. The zero-order valence-electron chi connectivity index (χ0n) is 12.8. The summed E-state index contributed by atoms with van der Waals surface area (Å²) in [5.74, 6) is 0. The van der Waals surface area contributed by atoms with Crippen molar-refractivity contribution in [2.24, 2.45) is 0 Å². The largest absolute Gasteiger partial charge is 0.378 e. The van der Waals surface area contributed by atoms with Crippen LogP contribution in [0.5, 0.6) is 0 Å². The number of likely N-dealkylation sites (N-methyl/N-ethyl adjacent to an activating group) is 1. The van der Waals surface area contributed by atoms with Crippen LogP contribution in [0.25, 0.3) is 0 Å². The van der Waals surface area contributed by atoms with Crippen LogP contribution in [0.1, 0.15) is 42.4 Å². The molecule has 0 saturated heterocycles. The van der Waals surface area contributed by atoms with Crippen LogP contribution >= 0.6 is 0 Å². The third-order valence-corrected chi connectivity index (χ3v) is 4.82. The van der Waals surface area contributed by atoms with Gasteiger partial charge in [-0.1, -0.05) is 18.2 Å². The maximum absolute atomic E-state index is 5.76. The van der Waals surface area contributed by atoms with Crippen molar-refractivity contribution in [3.05, 3.63) is 34.9 Å². The van der Waals surface area contributed by atoms with Crippen LogP contribution in [0.4, 0.5) is 0 Å². The first-order chi connectivity index (χ1) is 9.10. The topological polar surface area (TPSA) is 21.3 Å². The lowest BCUT2D eigenvalue weighted by Crippen LogP contribution is -2.46. The standard InChI is InChI=1S/C17H27NO/c1-13-7-5-8-14(2)16(13)11-15(18-3)12-17(19-4)9-6-10-17/h5,7-8,15,18H,6,9-12H2,1-4H3. The van der Waals surface area contributed by atoms with E-state index in [1.54, 1.807) is 0 Å². The summed E-state index contributed by atoms with van der Waals surface area (Å²) >= 11 is 0. The highest BCUT2D eigenvalue weighted by Gasteiger charge is 2.38. The molecular formula is C17H27NO. The number of nitrogens with one attached hydrogen (secondary N) is 1. The summed E-state index contributed by atoms with van der Waals surface area (Å²) in [5.41, 5.74) is 4.44. The molecule has 0 aromatic heterocycles. The molecule has 1 aromatic carbocycles. The highest BCUT2D eigenvalue weighted by atomic mass is 16.5. The van der Waals surface area contributed by atoms with Crippen LogP contribution in [-0.2, 0) is 11.2 Å². The Labute approximate surface area is 117 Å². The highest BCUT2D eigenvalue weighted by Crippen LogP contribution is 2.39. The molecule has 1 aromatic rings. The summed E-state index contributed by atoms with van der Waals surface area (Å²) in [6, 6.07) is 7.07. The Bertz CT molecular complexity index is 398. The van der Waals surface area contributed by atoms with Gasteiger partial charge in [-0.15, -0.1) is 0 Å². The minimum atomic E-state index is 0.143. The average Bonchev–Trinajstić information content (AvgIpc) is 2.36.